The van der Waals surface area contributed by atoms with Crippen molar-refractivity contribution in [3.63, 3.8) is 0 Å². The Morgan fingerprint density at radius 2 is 2.25 bits per heavy atom. The lowest BCUT2D eigenvalue weighted by Crippen LogP contribution is -2.23. The number of carboxylic acid groups (broad SMARTS) is 1. The molecule has 2 rings (SSSR count). The molecular formula is C15H17BrN2O2. The number of carboxylic acids is 1. The van der Waals surface area contributed by atoms with Gasteiger partial charge in [0.1, 0.15) is 0 Å². The summed E-state index contributed by atoms with van der Waals surface area (Å²) in [5.74, 6) is -0.810. The highest BCUT2D eigenvalue weighted by molar-refractivity contribution is 9.10. The summed E-state index contributed by atoms with van der Waals surface area (Å²) in [6.45, 7) is 0.644. The highest BCUT2D eigenvalue weighted by Crippen LogP contribution is 2.21. The standard InChI is InChI=1S/C15H17BrN2O2/c1-18-6-5-11(10-18)9-17-14(8-15(19)20)12-3-2-4-13(16)7-12/h2-7,10,14,17H,8-9H2,1H3,(H,19,20). The van der Waals surface area contributed by atoms with Crippen LogP contribution in [0.1, 0.15) is 23.6 Å². The predicted molar refractivity (Wildman–Crippen MR) is 81.4 cm³/mol. The molecule has 0 spiro atoms. The van der Waals surface area contributed by atoms with E-state index in [1.54, 1.807) is 0 Å². The van der Waals surface area contributed by atoms with Crippen LogP contribution < -0.4 is 5.32 Å². The van der Waals surface area contributed by atoms with Crippen molar-refractivity contribution in [3.05, 3.63) is 58.3 Å². The number of carbonyl (C=O) groups is 1. The van der Waals surface area contributed by atoms with Crippen molar-refractivity contribution < 1.29 is 9.90 Å². The minimum atomic E-state index is -0.810. The van der Waals surface area contributed by atoms with E-state index in [9.17, 15) is 4.79 Å². The van der Waals surface area contributed by atoms with Gasteiger partial charge in [-0.05, 0) is 29.3 Å². The van der Waals surface area contributed by atoms with E-state index in [1.165, 1.54) is 0 Å². The lowest BCUT2D eigenvalue weighted by atomic mass is 10.0. The summed E-state index contributed by atoms with van der Waals surface area (Å²) < 4.78 is 2.93. The van der Waals surface area contributed by atoms with E-state index in [1.807, 2.05) is 54.3 Å². The van der Waals surface area contributed by atoms with Gasteiger partial charge in [0.2, 0.25) is 0 Å². The largest absolute Gasteiger partial charge is 0.481 e. The monoisotopic (exact) mass is 336 g/mol. The normalized spacial score (nSPS) is 12.3. The molecule has 0 amide bonds. The van der Waals surface area contributed by atoms with Crippen LogP contribution in [0.5, 0.6) is 0 Å². The van der Waals surface area contributed by atoms with Crippen molar-refractivity contribution in [1.82, 2.24) is 9.88 Å². The Morgan fingerprint density at radius 3 is 2.85 bits per heavy atom. The van der Waals surface area contributed by atoms with Crippen LogP contribution in [-0.2, 0) is 18.4 Å². The molecule has 1 aromatic carbocycles. The Bertz CT molecular complexity index is 595. The van der Waals surface area contributed by atoms with E-state index >= 15 is 0 Å². The fourth-order valence-electron chi connectivity index (χ4n) is 2.11. The van der Waals surface area contributed by atoms with Gasteiger partial charge in [-0.25, -0.2) is 0 Å². The number of hydrogen-bond acceptors (Lipinski definition) is 2. The van der Waals surface area contributed by atoms with Crippen LogP contribution in [-0.4, -0.2) is 15.6 Å². The average molecular weight is 337 g/mol. The van der Waals surface area contributed by atoms with Crippen molar-refractivity contribution in [1.29, 1.82) is 0 Å². The minimum Gasteiger partial charge on any atom is -0.481 e. The number of hydrogen-bond donors (Lipinski definition) is 2. The third kappa shape index (κ3) is 4.21. The van der Waals surface area contributed by atoms with Crippen LogP contribution in [0.15, 0.2) is 47.2 Å². The highest BCUT2D eigenvalue weighted by Gasteiger charge is 2.15. The Kier molecular flexibility index (Phi) is 4.98. The third-order valence-corrected chi connectivity index (χ3v) is 3.57. The quantitative estimate of drug-likeness (QED) is 0.852. The zero-order chi connectivity index (χ0) is 14.5. The van der Waals surface area contributed by atoms with Gasteiger partial charge in [-0.15, -0.1) is 0 Å². The maximum absolute atomic E-state index is 11.0. The molecule has 0 saturated heterocycles. The van der Waals surface area contributed by atoms with Gasteiger partial charge in [0, 0.05) is 36.5 Å². The summed E-state index contributed by atoms with van der Waals surface area (Å²) >= 11 is 3.42. The molecule has 0 radical (unpaired) electrons. The molecule has 0 aliphatic carbocycles. The molecule has 20 heavy (non-hydrogen) atoms. The summed E-state index contributed by atoms with van der Waals surface area (Å²) in [4.78, 5) is 11.0. The van der Waals surface area contributed by atoms with Gasteiger partial charge in [-0.3, -0.25) is 4.79 Å². The van der Waals surface area contributed by atoms with Crippen LogP contribution >= 0.6 is 15.9 Å². The van der Waals surface area contributed by atoms with Gasteiger partial charge in [-0.1, -0.05) is 28.1 Å². The molecule has 0 bridgehead atoms. The molecule has 0 fully saturated rings. The molecule has 1 atom stereocenters. The summed E-state index contributed by atoms with van der Waals surface area (Å²) in [7, 11) is 1.96. The Hall–Kier alpha value is -1.59. The molecule has 0 aliphatic heterocycles. The topological polar surface area (TPSA) is 54.3 Å². The first-order valence-corrected chi connectivity index (χ1v) is 7.15. The SMILES string of the molecule is Cn1ccc(CNC(CC(=O)O)c2cccc(Br)c2)c1. The van der Waals surface area contributed by atoms with Crippen molar-refractivity contribution in [2.75, 3.05) is 0 Å². The Labute approximate surface area is 126 Å². The molecule has 1 unspecified atom stereocenters. The summed E-state index contributed by atoms with van der Waals surface area (Å²) in [5, 5.41) is 12.4. The van der Waals surface area contributed by atoms with Crippen molar-refractivity contribution in [2.45, 2.75) is 19.0 Å². The number of nitrogens with zero attached hydrogens (tertiary/aromatic N) is 1. The zero-order valence-corrected chi connectivity index (χ0v) is 12.8. The maximum atomic E-state index is 11.0. The molecule has 106 valence electrons. The second kappa shape index (κ2) is 6.72. The van der Waals surface area contributed by atoms with E-state index in [2.05, 4.69) is 21.2 Å². The molecule has 2 aromatic rings. The van der Waals surface area contributed by atoms with Crippen molar-refractivity contribution >= 4 is 21.9 Å². The Balaban J connectivity index is 2.09. The first-order valence-electron chi connectivity index (χ1n) is 6.36. The number of aliphatic carboxylic acids is 1. The van der Waals surface area contributed by atoms with Gasteiger partial charge in [0.25, 0.3) is 0 Å². The van der Waals surface area contributed by atoms with Crippen LogP contribution in [0.25, 0.3) is 0 Å². The molecule has 4 nitrogen and oxygen atoms in total. The smallest absolute Gasteiger partial charge is 0.305 e. The lowest BCUT2D eigenvalue weighted by Gasteiger charge is -2.17. The van der Waals surface area contributed by atoms with Gasteiger partial charge in [-0.2, -0.15) is 0 Å². The fraction of sp³-hybridized carbons (Fsp3) is 0.267. The summed E-state index contributed by atoms with van der Waals surface area (Å²) in [6, 6.07) is 9.55. The second-order valence-corrected chi connectivity index (χ2v) is 5.69. The fourth-order valence-corrected chi connectivity index (χ4v) is 2.53. The molecule has 1 aromatic heterocycles. The molecule has 5 heteroatoms. The first-order chi connectivity index (χ1) is 9.54. The number of rotatable bonds is 6. The predicted octanol–water partition coefficient (Wildman–Crippen LogP) is 3.09. The third-order valence-electron chi connectivity index (χ3n) is 3.08. The molecule has 2 N–H and O–H groups in total. The van der Waals surface area contributed by atoms with E-state index in [-0.39, 0.29) is 12.5 Å². The van der Waals surface area contributed by atoms with Gasteiger partial charge in [0.15, 0.2) is 0 Å². The molecule has 1 heterocycles. The van der Waals surface area contributed by atoms with Crippen molar-refractivity contribution in [3.8, 4) is 0 Å². The van der Waals surface area contributed by atoms with Crippen LogP contribution in [0.3, 0.4) is 0 Å². The summed E-state index contributed by atoms with van der Waals surface area (Å²) in [5.41, 5.74) is 2.11. The van der Waals surface area contributed by atoms with Crippen molar-refractivity contribution in [2.24, 2.45) is 7.05 Å². The van der Waals surface area contributed by atoms with E-state index in [0.717, 1.165) is 15.6 Å². The molecular weight excluding hydrogens is 320 g/mol. The zero-order valence-electron chi connectivity index (χ0n) is 11.2. The maximum Gasteiger partial charge on any atom is 0.305 e. The first kappa shape index (κ1) is 14.8. The average Bonchev–Trinajstić information content (AvgIpc) is 2.80. The van der Waals surface area contributed by atoms with Gasteiger partial charge >= 0.3 is 5.97 Å². The number of nitrogens with one attached hydrogen (secondary N) is 1. The Morgan fingerprint density at radius 1 is 1.45 bits per heavy atom. The number of halogens is 1. The van der Waals surface area contributed by atoms with Crippen LogP contribution in [0.4, 0.5) is 0 Å². The van der Waals surface area contributed by atoms with Crippen LogP contribution in [0, 0.1) is 0 Å². The van der Waals surface area contributed by atoms with E-state index in [0.29, 0.717) is 6.54 Å². The number of benzene rings is 1. The summed E-state index contributed by atoms with van der Waals surface area (Å²) in [6.07, 6.45) is 4.05. The van der Waals surface area contributed by atoms with Crippen LogP contribution in [0.2, 0.25) is 0 Å². The second-order valence-electron chi connectivity index (χ2n) is 4.77. The van der Waals surface area contributed by atoms with Gasteiger partial charge < -0.3 is 15.0 Å². The lowest BCUT2D eigenvalue weighted by molar-refractivity contribution is -0.137. The molecule has 0 aliphatic rings. The van der Waals surface area contributed by atoms with Gasteiger partial charge in [0.05, 0.1) is 6.42 Å². The minimum absolute atomic E-state index is 0.0588. The highest BCUT2D eigenvalue weighted by atomic mass is 79.9. The van der Waals surface area contributed by atoms with E-state index < -0.39 is 5.97 Å². The number of aryl methyl sites for hydroxylation is 1. The van der Waals surface area contributed by atoms with E-state index in [4.69, 9.17) is 5.11 Å². The molecule has 0 saturated carbocycles. The number of aromatic nitrogens is 1.